The molecule has 0 bridgehead atoms. The highest BCUT2D eigenvalue weighted by atomic mass is 16.5. The van der Waals surface area contributed by atoms with Gasteiger partial charge in [-0.05, 0) is 12.5 Å². The Morgan fingerprint density at radius 3 is 2.67 bits per heavy atom. The van der Waals surface area contributed by atoms with Crippen LogP contribution in [0.15, 0.2) is 24.3 Å². The summed E-state index contributed by atoms with van der Waals surface area (Å²) in [4.78, 5) is 0. The zero-order valence-corrected chi connectivity index (χ0v) is 9.70. The van der Waals surface area contributed by atoms with Crippen molar-refractivity contribution in [3.8, 4) is 5.75 Å². The van der Waals surface area contributed by atoms with Crippen molar-refractivity contribution in [3.05, 3.63) is 29.8 Å². The molecule has 84 valence electrons. The molecule has 2 heteroatoms. The quantitative estimate of drug-likeness (QED) is 0.726. The fraction of sp³-hybridized carbons (Fsp3) is 0.538. The van der Waals surface area contributed by atoms with Gasteiger partial charge in [-0.3, -0.25) is 0 Å². The molecular weight excluding hydrogens is 186 g/mol. The molecule has 0 aliphatic carbocycles. The second-order valence-electron chi connectivity index (χ2n) is 3.84. The van der Waals surface area contributed by atoms with Crippen LogP contribution in [0.2, 0.25) is 0 Å². The number of benzene rings is 1. The summed E-state index contributed by atoms with van der Waals surface area (Å²) >= 11 is 0. The molecule has 0 unspecified atom stereocenters. The molecule has 1 atom stereocenters. The third kappa shape index (κ3) is 3.56. The van der Waals surface area contributed by atoms with Gasteiger partial charge in [-0.2, -0.15) is 0 Å². The minimum absolute atomic E-state index is 0.104. The van der Waals surface area contributed by atoms with Gasteiger partial charge in [0, 0.05) is 11.6 Å². The Labute approximate surface area is 92.4 Å². The molecule has 15 heavy (non-hydrogen) atoms. The average Bonchev–Trinajstić information content (AvgIpc) is 2.29. The highest BCUT2D eigenvalue weighted by Gasteiger charge is 2.10. The smallest absolute Gasteiger partial charge is 0.123 e. The molecule has 0 spiro atoms. The van der Waals surface area contributed by atoms with Crippen LogP contribution in [0.4, 0.5) is 0 Å². The van der Waals surface area contributed by atoms with E-state index in [2.05, 4.69) is 13.0 Å². The van der Waals surface area contributed by atoms with Gasteiger partial charge in [0.25, 0.3) is 0 Å². The number of methoxy groups -OCH3 is 1. The van der Waals surface area contributed by atoms with Gasteiger partial charge in [0.1, 0.15) is 5.75 Å². The lowest BCUT2D eigenvalue weighted by molar-refractivity contribution is 0.403. The monoisotopic (exact) mass is 207 g/mol. The second-order valence-corrected chi connectivity index (χ2v) is 3.84. The first-order valence-corrected chi connectivity index (χ1v) is 5.68. The van der Waals surface area contributed by atoms with Crippen LogP contribution >= 0.6 is 0 Å². The Hall–Kier alpha value is -1.02. The topological polar surface area (TPSA) is 35.2 Å². The fourth-order valence-corrected chi connectivity index (χ4v) is 1.74. The molecule has 1 rings (SSSR count). The molecule has 2 nitrogen and oxygen atoms in total. The minimum atomic E-state index is 0.104. The molecule has 1 aromatic rings. The van der Waals surface area contributed by atoms with Gasteiger partial charge >= 0.3 is 0 Å². The van der Waals surface area contributed by atoms with Gasteiger partial charge in [0.2, 0.25) is 0 Å². The first kappa shape index (κ1) is 12.1. The van der Waals surface area contributed by atoms with Crippen LogP contribution in [0.5, 0.6) is 5.75 Å². The maximum absolute atomic E-state index is 6.13. The van der Waals surface area contributed by atoms with E-state index >= 15 is 0 Å². The van der Waals surface area contributed by atoms with Crippen molar-refractivity contribution in [3.63, 3.8) is 0 Å². The SMILES string of the molecule is CCCCC[C@@H](N)c1ccccc1OC. The van der Waals surface area contributed by atoms with Crippen LogP contribution in [0, 0.1) is 0 Å². The van der Waals surface area contributed by atoms with Gasteiger partial charge in [0.05, 0.1) is 7.11 Å². The van der Waals surface area contributed by atoms with E-state index in [-0.39, 0.29) is 6.04 Å². The summed E-state index contributed by atoms with van der Waals surface area (Å²) in [6.45, 7) is 2.20. The number of ether oxygens (including phenoxy) is 1. The van der Waals surface area contributed by atoms with Gasteiger partial charge in [-0.1, -0.05) is 44.4 Å². The van der Waals surface area contributed by atoms with Crippen molar-refractivity contribution in [1.29, 1.82) is 0 Å². The maximum Gasteiger partial charge on any atom is 0.123 e. The van der Waals surface area contributed by atoms with Crippen LogP contribution in [0.3, 0.4) is 0 Å². The van der Waals surface area contributed by atoms with Crippen LogP contribution < -0.4 is 10.5 Å². The van der Waals surface area contributed by atoms with E-state index in [4.69, 9.17) is 10.5 Å². The third-order valence-corrected chi connectivity index (χ3v) is 2.66. The van der Waals surface area contributed by atoms with E-state index in [1.807, 2.05) is 18.2 Å². The van der Waals surface area contributed by atoms with Gasteiger partial charge < -0.3 is 10.5 Å². The Kier molecular flexibility index (Phi) is 5.19. The maximum atomic E-state index is 6.13. The van der Waals surface area contributed by atoms with E-state index in [1.54, 1.807) is 7.11 Å². The van der Waals surface area contributed by atoms with Crippen molar-refractivity contribution in [2.24, 2.45) is 5.73 Å². The summed E-state index contributed by atoms with van der Waals surface area (Å²) in [5, 5.41) is 0. The number of para-hydroxylation sites is 1. The lowest BCUT2D eigenvalue weighted by Crippen LogP contribution is -2.11. The molecule has 0 saturated carbocycles. The predicted molar refractivity (Wildman–Crippen MR) is 64.1 cm³/mol. The van der Waals surface area contributed by atoms with Crippen molar-refractivity contribution >= 4 is 0 Å². The molecule has 0 aromatic heterocycles. The normalized spacial score (nSPS) is 12.5. The largest absolute Gasteiger partial charge is 0.496 e. The molecular formula is C13H21NO. The summed E-state index contributed by atoms with van der Waals surface area (Å²) in [5.74, 6) is 0.904. The van der Waals surface area contributed by atoms with E-state index in [9.17, 15) is 0 Å². The minimum Gasteiger partial charge on any atom is -0.496 e. The molecule has 0 fully saturated rings. The van der Waals surface area contributed by atoms with Crippen LogP contribution in [0.25, 0.3) is 0 Å². The Morgan fingerprint density at radius 2 is 2.00 bits per heavy atom. The summed E-state index contributed by atoms with van der Waals surface area (Å²) in [5.41, 5.74) is 7.25. The van der Waals surface area contributed by atoms with Gasteiger partial charge in [-0.25, -0.2) is 0 Å². The van der Waals surface area contributed by atoms with E-state index in [1.165, 1.54) is 19.3 Å². The molecule has 0 radical (unpaired) electrons. The summed E-state index contributed by atoms with van der Waals surface area (Å²) in [7, 11) is 1.69. The van der Waals surface area contributed by atoms with Crippen LogP contribution in [0.1, 0.15) is 44.2 Å². The number of hydrogen-bond donors (Lipinski definition) is 1. The molecule has 2 N–H and O–H groups in total. The van der Waals surface area contributed by atoms with Crippen molar-refractivity contribution in [2.75, 3.05) is 7.11 Å². The molecule has 1 aromatic carbocycles. The molecule has 0 amide bonds. The first-order valence-electron chi connectivity index (χ1n) is 5.68. The number of hydrogen-bond acceptors (Lipinski definition) is 2. The van der Waals surface area contributed by atoms with E-state index in [0.29, 0.717) is 0 Å². The van der Waals surface area contributed by atoms with E-state index in [0.717, 1.165) is 17.7 Å². The van der Waals surface area contributed by atoms with Gasteiger partial charge in [-0.15, -0.1) is 0 Å². The standard InChI is InChI=1S/C13H21NO/c1-3-4-5-9-12(14)11-8-6-7-10-13(11)15-2/h6-8,10,12H,3-5,9,14H2,1-2H3/t12-/m1/s1. The molecule has 0 heterocycles. The number of rotatable bonds is 6. The highest BCUT2D eigenvalue weighted by Crippen LogP contribution is 2.26. The molecule has 0 aliphatic heterocycles. The lowest BCUT2D eigenvalue weighted by Gasteiger charge is -2.15. The third-order valence-electron chi connectivity index (χ3n) is 2.66. The van der Waals surface area contributed by atoms with E-state index < -0.39 is 0 Å². The second kappa shape index (κ2) is 6.46. The number of unbranched alkanes of at least 4 members (excludes halogenated alkanes) is 2. The lowest BCUT2D eigenvalue weighted by atomic mass is 10.0. The Bertz CT molecular complexity index is 286. The van der Waals surface area contributed by atoms with Crippen molar-refractivity contribution in [1.82, 2.24) is 0 Å². The number of nitrogens with two attached hydrogens (primary N) is 1. The van der Waals surface area contributed by atoms with Crippen LogP contribution in [-0.2, 0) is 0 Å². The van der Waals surface area contributed by atoms with Crippen molar-refractivity contribution in [2.45, 2.75) is 38.6 Å². The summed E-state index contributed by atoms with van der Waals surface area (Å²) < 4.78 is 5.29. The zero-order chi connectivity index (χ0) is 11.1. The summed E-state index contributed by atoms with van der Waals surface area (Å²) in [6.07, 6.45) is 4.71. The predicted octanol–water partition coefficient (Wildman–Crippen LogP) is 3.28. The van der Waals surface area contributed by atoms with Crippen LogP contribution in [-0.4, -0.2) is 7.11 Å². The Balaban J connectivity index is 2.59. The fourth-order valence-electron chi connectivity index (χ4n) is 1.74. The Morgan fingerprint density at radius 1 is 1.27 bits per heavy atom. The average molecular weight is 207 g/mol. The van der Waals surface area contributed by atoms with Gasteiger partial charge in [0.15, 0.2) is 0 Å². The molecule has 0 aliphatic rings. The van der Waals surface area contributed by atoms with Crippen molar-refractivity contribution < 1.29 is 4.74 Å². The summed E-state index contributed by atoms with van der Waals surface area (Å²) in [6, 6.07) is 8.11. The molecule has 0 saturated heterocycles. The highest BCUT2D eigenvalue weighted by molar-refractivity contribution is 5.35. The first-order chi connectivity index (χ1) is 7.29. The zero-order valence-electron chi connectivity index (χ0n) is 9.70.